The molecule has 29 heavy (non-hydrogen) atoms. The second-order valence-electron chi connectivity index (χ2n) is 8.36. The highest BCUT2D eigenvalue weighted by Gasteiger charge is 2.30. The van der Waals surface area contributed by atoms with E-state index in [-0.39, 0.29) is 0 Å². The Bertz CT molecular complexity index is 1300. The molecule has 140 valence electrons. The minimum absolute atomic E-state index is 0.313. The molecule has 0 heterocycles. The predicted molar refractivity (Wildman–Crippen MR) is 128 cm³/mol. The van der Waals surface area contributed by atoms with E-state index >= 15 is 0 Å². The van der Waals surface area contributed by atoms with Gasteiger partial charge in [0.1, 0.15) is 5.25 Å². The van der Waals surface area contributed by atoms with Crippen LogP contribution in [0, 0.1) is 0 Å². The van der Waals surface area contributed by atoms with Gasteiger partial charge in [0, 0.05) is 12.0 Å². The molecule has 4 aromatic rings. The zero-order chi connectivity index (χ0) is 19.5. The van der Waals surface area contributed by atoms with Crippen LogP contribution in [0.4, 0.5) is 0 Å². The van der Waals surface area contributed by atoms with Crippen molar-refractivity contribution in [1.29, 1.82) is 0 Å². The third kappa shape index (κ3) is 2.54. The molecule has 0 fully saturated rings. The maximum absolute atomic E-state index is 2.46. The van der Waals surface area contributed by atoms with Crippen LogP contribution in [0.1, 0.15) is 38.6 Å². The monoisotopic (exact) mass is 391 g/mol. The van der Waals surface area contributed by atoms with Crippen molar-refractivity contribution in [2.45, 2.75) is 11.7 Å². The molecule has 0 nitrogen and oxygen atoms in total. The van der Waals surface area contributed by atoms with Crippen molar-refractivity contribution in [3.63, 3.8) is 0 Å². The third-order valence-electron chi connectivity index (χ3n) is 6.45. The minimum Gasteiger partial charge on any atom is -0.0614 e. The van der Waals surface area contributed by atoms with E-state index in [4.69, 9.17) is 0 Å². The van der Waals surface area contributed by atoms with Crippen LogP contribution in [-0.4, -0.2) is 12.5 Å². The summed E-state index contributed by atoms with van der Waals surface area (Å²) in [5, 5.41) is 3.29. The van der Waals surface area contributed by atoms with Crippen LogP contribution >= 0.6 is 0 Å². The first-order chi connectivity index (χ1) is 14.2. The fourth-order valence-corrected chi connectivity index (χ4v) is 6.36. The Morgan fingerprint density at radius 3 is 2.00 bits per heavy atom. The van der Waals surface area contributed by atoms with E-state index in [0.717, 1.165) is 6.42 Å². The molecular weight excluding hydrogens is 368 g/mol. The summed E-state index contributed by atoms with van der Waals surface area (Å²) >= 11 is 0. The van der Waals surface area contributed by atoms with Gasteiger partial charge in [0.2, 0.25) is 0 Å². The maximum atomic E-state index is 2.46. The van der Waals surface area contributed by atoms with Gasteiger partial charge in [0.05, 0.1) is 12.5 Å². The lowest BCUT2D eigenvalue weighted by Gasteiger charge is -2.20. The third-order valence-corrected chi connectivity index (χ3v) is 8.02. The summed E-state index contributed by atoms with van der Waals surface area (Å²) in [6.07, 6.45) is 5.86. The van der Waals surface area contributed by atoms with Gasteiger partial charge in [0.15, 0.2) is 0 Å². The molecule has 0 aromatic heterocycles. The average molecular weight is 392 g/mol. The lowest BCUT2D eigenvalue weighted by Crippen LogP contribution is -2.14. The number of hydrogen-bond acceptors (Lipinski definition) is 0. The van der Waals surface area contributed by atoms with Crippen molar-refractivity contribution in [2.24, 2.45) is 0 Å². The van der Waals surface area contributed by atoms with Crippen LogP contribution < -0.4 is 0 Å². The zero-order valence-electron chi connectivity index (χ0n) is 16.8. The van der Waals surface area contributed by atoms with Crippen LogP contribution in [0.5, 0.6) is 0 Å². The number of fused-ring (bicyclic) bond motifs is 8. The van der Waals surface area contributed by atoms with Crippen LogP contribution in [0.15, 0.2) is 84.9 Å². The Hall–Kier alpha value is -2.77. The van der Waals surface area contributed by atoms with Gasteiger partial charge < -0.3 is 0 Å². The van der Waals surface area contributed by atoms with Gasteiger partial charge in [0.25, 0.3) is 0 Å². The quantitative estimate of drug-likeness (QED) is 0.281. The lowest BCUT2D eigenvalue weighted by molar-refractivity contribution is 0.924. The van der Waals surface area contributed by atoms with Gasteiger partial charge in [-0.1, -0.05) is 78.9 Å². The molecule has 4 aromatic carbocycles. The predicted octanol–water partition coefficient (Wildman–Crippen LogP) is 6.64. The van der Waals surface area contributed by atoms with Gasteiger partial charge in [-0.3, -0.25) is 0 Å². The second-order valence-corrected chi connectivity index (χ2v) is 10.7. The van der Waals surface area contributed by atoms with E-state index in [2.05, 4.69) is 97.4 Å². The number of hydrogen-bond donors (Lipinski definition) is 0. The Morgan fingerprint density at radius 2 is 1.31 bits per heavy atom. The van der Waals surface area contributed by atoms with E-state index < -0.39 is 0 Å². The molecule has 6 rings (SSSR count). The molecular formula is C28H23S+. The molecule has 0 aliphatic heterocycles. The zero-order valence-corrected chi connectivity index (χ0v) is 17.6. The smallest absolute Gasteiger partial charge is 0.0614 e. The topological polar surface area (TPSA) is 0 Å². The van der Waals surface area contributed by atoms with Crippen LogP contribution in [0.25, 0.3) is 21.9 Å². The van der Waals surface area contributed by atoms with Crippen molar-refractivity contribution >= 4 is 32.8 Å². The normalized spacial score (nSPS) is 17.0. The lowest BCUT2D eigenvalue weighted by atomic mass is 9.88. The molecule has 0 saturated carbocycles. The molecule has 1 unspecified atom stereocenters. The Kier molecular flexibility index (Phi) is 3.76. The van der Waals surface area contributed by atoms with Crippen molar-refractivity contribution in [2.75, 3.05) is 12.5 Å². The summed E-state index contributed by atoms with van der Waals surface area (Å²) in [7, 11) is 0.313. The van der Waals surface area contributed by atoms with Crippen LogP contribution in [0.3, 0.4) is 0 Å². The van der Waals surface area contributed by atoms with Gasteiger partial charge in [-0.25, -0.2) is 0 Å². The highest BCUT2D eigenvalue weighted by Crippen LogP contribution is 2.48. The first-order valence-electron chi connectivity index (χ1n) is 10.2. The molecule has 1 atom stereocenters. The van der Waals surface area contributed by atoms with Gasteiger partial charge in [-0.15, -0.1) is 0 Å². The fourth-order valence-electron chi connectivity index (χ4n) is 5.15. The molecule has 2 aliphatic rings. The Balaban J connectivity index is 1.75. The molecule has 1 heteroatoms. The van der Waals surface area contributed by atoms with E-state index in [1.807, 2.05) is 0 Å². The Labute approximate surface area is 175 Å². The van der Waals surface area contributed by atoms with Crippen LogP contribution in [-0.2, 0) is 17.3 Å². The Morgan fingerprint density at radius 1 is 0.690 bits per heavy atom. The molecule has 0 spiro atoms. The van der Waals surface area contributed by atoms with Gasteiger partial charge >= 0.3 is 0 Å². The van der Waals surface area contributed by atoms with Gasteiger partial charge in [-0.05, 0) is 66.7 Å². The van der Waals surface area contributed by atoms with Crippen LogP contribution in [0.2, 0.25) is 0 Å². The fraction of sp³-hybridized carbons (Fsp3) is 0.143. The SMILES string of the molecule is C[S+](C)C1Cc2cccc(c2)C2=C(c3cccc1c3)c1cccc3cccc2c13. The average Bonchev–Trinajstić information content (AvgIpc) is 3.08. The second kappa shape index (κ2) is 6.37. The summed E-state index contributed by atoms with van der Waals surface area (Å²) < 4.78 is 0. The summed E-state index contributed by atoms with van der Waals surface area (Å²) in [6, 6.07) is 32.1. The molecule has 0 radical (unpaired) electrons. The van der Waals surface area contributed by atoms with E-state index in [1.54, 1.807) is 0 Å². The summed E-state index contributed by atoms with van der Waals surface area (Å²) in [5.41, 5.74) is 11.1. The molecule has 0 N–H and O–H groups in total. The highest BCUT2D eigenvalue weighted by atomic mass is 32.2. The van der Waals surface area contributed by atoms with Gasteiger partial charge in [-0.2, -0.15) is 0 Å². The minimum atomic E-state index is 0.313. The van der Waals surface area contributed by atoms with Crippen molar-refractivity contribution in [1.82, 2.24) is 0 Å². The number of benzene rings is 4. The first kappa shape index (κ1) is 17.1. The largest absolute Gasteiger partial charge is 0.146 e. The number of rotatable bonds is 1. The summed E-state index contributed by atoms with van der Waals surface area (Å²) in [5.74, 6) is 0. The van der Waals surface area contributed by atoms with Crippen molar-refractivity contribution < 1.29 is 0 Å². The highest BCUT2D eigenvalue weighted by molar-refractivity contribution is 7.95. The summed E-state index contributed by atoms with van der Waals surface area (Å²) in [6.45, 7) is 0. The van der Waals surface area contributed by atoms with E-state index in [9.17, 15) is 0 Å². The van der Waals surface area contributed by atoms with Crippen molar-refractivity contribution in [3.05, 3.63) is 118 Å². The molecule has 2 aliphatic carbocycles. The first-order valence-corrected chi connectivity index (χ1v) is 12.3. The van der Waals surface area contributed by atoms with E-state index in [0.29, 0.717) is 16.1 Å². The molecule has 4 bridgehead atoms. The molecule has 0 amide bonds. The van der Waals surface area contributed by atoms with Crippen molar-refractivity contribution in [3.8, 4) is 0 Å². The maximum Gasteiger partial charge on any atom is 0.146 e. The standard InChI is InChI=1S/C28H23S/c1-29(2)25-16-18-7-3-11-21(15-18)27-23-13-5-8-19-9-6-14-24(26(19)23)28(27)22-12-4-10-20(25)17-22/h3-15,17,25H,16H2,1-2H3/q+1. The van der Waals surface area contributed by atoms with E-state index in [1.165, 1.54) is 55.3 Å². The summed E-state index contributed by atoms with van der Waals surface area (Å²) in [4.78, 5) is 0. The molecule has 0 saturated heterocycles.